The van der Waals surface area contributed by atoms with Gasteiger partial charge in [0.25, 0.3) is 0 Å². The lowest BCUT2D eigenvalue weighted by molar-refractivity contribution is 0.303. The molecule has 2 nitrogen and oxygen atoms in total. The second-order valence-corrected chi connectivity index (χ2v) is 4.00. The quantitative estimate of drug-likeness (QED) is 0.661. The number of nitrogens with two attached hydrogens (primary N) is 1. The van der Waals surface area contributed by atoms with Crippen molar-refractivity contribution in [3.63, 3.8) is 0 Å². The van der Waals surface area contributed by atoms with Crippen molar-refractivity contribution in [3.8, 4) is 0 Å². The molecular weight excluding hydrogens is 148 g/mol. The third kappa shape index (κ3) is 5.56. The Morgan fingerprint density at radius 2 is 1.83 bits per heavy atom. The fraction of sp³-hybridized carbons (Fsp3) is 1.00. The van der Waals surface area contributed by atoms with Gasteiger partial charge in [0.2, 0.25) is 0 Å². The summed E-state index contributed by atoms with van der Waals surface area (Å²) in [4.78, 5) is 2.35. The topological polar surface area (TPSA) is 29.3 Å². The molecule has 12 heavy (non-hydrogen) atoms. The molecule has 2 heteroatoms. The van der Waals surface area contributed by atoms with Crippen molar-refractivity contribution in [1.82, 2.24) is 4.90 Å². The maximum absolute atomic E-state index is 5.93. The second kappa shape index (κ2) is 6.44. The van der Waals surface area contributed by atoms with Gasteiger partial charge in [-0.25, -0.2) is 0 Å². The average Bonchev–Trinajstić information content (AvgIpc) is 2.00. The summed E-state index contributed by atoms with van der Waals surface area (Å²) in [6.45, 7) is 8.89. The highest BCUT2D eigenvalue weighted by atomic mass is 15.1. The zero-order chi connectivity index (χ0) is 9.56. The molecule has 1 atom stereocenters. The molecule has 0 saturated heterocycles. The molecule has 0 heterocycles. The molecule has 0 rings (SSSR count). The summed E-state index contributed by atoms with van der Waals surface area (Å²) < 4.78 is 0. The number of nitrogens with zero attached hydrogens (tertiary/aromatic N) is 1. The van der Waals surface area contributed by atoms with Gasteiger partial charge in [-0.3, -0.25) is 0 Å². The van der Waals surface area contributed by atoms with Crippen molar-refractivity contribution >= 4 is 0 Å². The monoisotopic (exact) mass is 172 g/mol. The van der Waals surface area contributed by atoms with Gasteiger partial charge < -0.3 is 10.6 Å². The third-order valence-corrected chi connectivity index (χ3v) is 2.31. The number of hydrogen-bond acceptors (Lipinski definition) is 2. The van der Waals surface area contributed by atoms with Crippen molar-refractivity contribution < 1.29 is 0 Å². The van der Waals surface area contributed by atoms with Crippen LogP contribution in [0.25, 0.3) is 0 Å². The van der Waals surface area contributed by atoms with Gasteiger partial charge in [0.1, 0.15) is 0 Å². The summed E-state index contributed by atoms with van der Waals surface area (Å²) in [7, 11) is 2.16. The summed E-state index contributed by atoms with van der Waals surface area (Å²) in [5.41, 5.74) is 5.93. The zero-order valence-electron chi connectivity index (χ0n) is 9.01. The molecule has 0 aromatic carbocycles. The van der Waals surface area contributed by atoms with Crippen LogP contribution < -0.4 is 5.73 Å². The molecule has 0 aliphatic carbocycles. The van der Waals surface area contributed by atoms with Crippen LogP contribution in [0.5, 0.6) is 0 Å². The SMILES string of the molecule is CCCN(C)CC[C@@H](N)C(C)C. The van der Waals surface area contributed by atoms with E-state index in [-0.39, 0.29) is 0 Å². The third-order valence-electron chi connectivity index (χ3n) is 2.31. The molecule has 0 aliphatic heterocycles. The standard InChI is InChI=1S/C10H24N2/c1-5-7-12(4)8-6-10(11)9(2)3/h9-10H,5-8,11H2,1-4H3/t10-/m1/s1. The number of hydrogen-bond donors (Lipinski definition) is 1. The minimum atomic E-state index is 0.365. The van der Waals surface area contributed by atoms with Crippen LogP contribution in [-0.2, 0) is 0 Å². The zero-order valence-corrected chi connectivity index (χ0v) is 9.01. The van der Waals surface area contributed by atoms with Gasteiger partial charge in [0.15, 0.2) is 0 Å². The van der Waals surface area contributed by atoms with Crippen LogP contribution in [0.15, 0.2) is 0 Å². The molecule has 0 radical (unpaired) electrons. The van der Waals surface area contributed by atoms with Crippen LogP contribution >= 0.6 is 0 Å². The fourth-order valence-electron chi connectivity index (χ4n) is 1.20. The Kier molecular flexibility index (Phi) is 6.39. The highest BCUT2D eigenvalue weighted by Gasteiger charge is 2.07. The van der Waals surface area contributed by atoms with Gasteiger partial charge in [-0.15, -0.1) is 0 Å². The van der Waals surface area contributed by atoms with Crippen molar-refractivity contribution in [2.24, 2.45) is 11.7 Å². The molecule has 0 bridgehead atoms. The average molecular weight is 172 g/mol. The molecule has 0 spiro atoms. The van der Waals surface area contributed by atoms with E-state index in [9.17, 15) is 0 Å². The van der Waals surface area contributed by atoms with Gasteiger partial charge in [-0.2, -0.15) is 0 Å². The van der Waals surface area contributed by atoms with E-state index in [1.54, 1.807) is 0 Å². The van der Waals surface area contributed by atoms with E-state index in [2.05, 4.69) is 32.7 Å². The minimum Gasteiger partial charge on any atom is -0.327 e. The van der Waals surface area contributed by atoms with E-state index in [1.165, 1.54) is 13.0 Å². The van der Waals surface area contributed by atoms with Gasteiger partial charge in [-0.1, -0.05) is 20.8 Å². The summed E-state index contributed by atoms with van der Waals surface area (Å²) in [5.74, 6) is 0.611. The van der Waals surface area contributed by atoms with Crippen molar-refractivity contribution in [3.05, 3.63) is 0 Å². The maximum atomic E-state index is 5.93. The predicted molar refractivity (Wildman–Crippen MR) is 55.2 cm³/mol. The van der Waals surface area contributed by atoms with E-state index in [4.69, 9.17) is 5.73 Å². The first-order chi connectivity index (χ1) is 5.57. The Hall–Kier alpha value is -0.0800. The van der Waals surface area contributed by atoms with Gasteiger partial charge in [-0.05, 0) is 38.9 Å². The molecule has 0 aliphatic rings. The largest absolute Gasteiger partial charge is 0.327 e. The Balaban J connectivity index is 3.40. The van der Waals surface area contributed by atoms with Gasteiger partial charge in [0, 0.05) is 6.04 Å². The first-order valence-electron chi connectivity index (χ1n) is 5.02. The molecule has 2 N–H and O–H groups in total. The van der Waals surface area contributed by atoms with Crippen molar-refractivity contribution in [2.75, 3.05) is 20.1 Å². The van der Waals surface area contributed by atoms with Crippen molar-refractivity contribution in [2.45, 2.75) is 39.7 Å². The Morgan fingerprint density at radius 3 is 2.25 bits per heavy atom. The number of rotatable bonds is 6. The molecule has 0 fully saturated rings. The van der Waals surface area contributed by atoms with E-state index in [0.717, 1.165) is 13.0 Å². The summed E-state index contributed by atoms with van der Waals surface area (Å²) in [6.07, 6.45) is 2.35. The van der Waals surface area contributed by atoms with Crippen LogP contribution in [0.4, 0.5) is 0 Å². The van der Waals surface area contributed by atoms with E-state index >= 15 is 0 Å². The molecule has 0 unspecified atom stereocenters. The van der Waals surface area contributed by atoms with Crippen molar-refractivity contribution in [1.29, 1.82) is 0 Å². The first-order valence-corrected chi connectivity index (χ1v) is 5.02. The lowest BCUT2D eigenvalue weighted by Crippen LogP contribution is -2.32. The highest BCUT2D eigenvalue weighted by Crippen LogP contribution is 2.03. The minimum absolute atomic E-state index is 0.365. The smallest absolute Gasteiger partial charge is 0.00740 e. The lowest BCUT2D eigenvalue weighted by atomic mass is 10.0. The molecule has 0 saturated carbocycles. The Morgan fingerprint density at radius 1 is 1.25 bits per heavy atom. The normalized spacial score (nSPS) is 14.2. The summed E-state index contributed by atoms with van der Waals surface area (Å²) >= 11 is 0. The second-order valence-electron chi connectivity index (χ2n) is 4.00. The molecular formula is C10H24N2. The van der Waals surface area contributed by atoms with Crippen LogP contribution in [0, 0.1) is 5.92 Å². The van der Waals surface area contributed by atoms with E-state index in [1.807, 2.05) is 0 Å². The van der Waals surface area contributed by atoms with Crippen LogP contribution in [0.1, 0.15) is 33.6 Å². The maximum Gasteiger partial charge on any atom is 0.00740 e. The Bertz CT molecular complexity index is 102. The molecule has 74 valence electrons. The first kappa shape index (κ1) is 11.9. The van der Waals surface area contributed by atoms with E-state index in [0.29, 0.717) is 12.0 Å². The molecule has 0 amide bonds. The van der Waals surface area contributed by atoms with Gasteiger partial charge in [0.05, 0.1) is 0 Å². The van der Waals surface area contributed by atoms with Crippen LogP contribution in [0.2, 0.25) is 0 Å². The highest BCUT2D eigenvalue weighted by molar-refractivity contribution is 4.66. The van der Waals surface area contributed by atoms with Crippen LogP contribution in [0.3, 0.4) is 0 Å². The summed E-state index contributed by atoms with van der Waals surface area (Å²) in [6, 6.07) is 0.365. The summed E-state index contributed by atoms with van der Waals surface area (Å²) in [5, 5.41) is 0. The van der Waals surface area contributed by atoms with Crippen LogP contribution in [-0.4, -0.2) is 31.1 Å². The molecule has 0 aromatic heterocycles. The van der Waals surface area contributed by atoms with Gasteiger partial charge >= 0.3 is 0 Å². The lowest BCUT2D eigenvalue weighted by Gasteiger charge is -2.20. The fourth-order valence-corrected chi connectivity index (χ4v) is 1.20. The molecule has 0 aromatic rings. The van der Waals surface area contributed by atoms with E-state index < -0.39 is 0 Å². The predicted octanol–water partition coefficient (Wildman–Crippen LogP) is 1.70. The Labute approximate surface area is 77.1 Å².